The van der Waals surface area contributed by atoms with Gasteiger partial charge < -0.3 is 22.8 Å². The topological polar surface area (TPSA) is 132 Å². The van der Waals surface area contributed by atoms with Crippen LogP contribution in [0.2, 0.25) is 0 Å². The molecule has 13 heteroatoms. The molecule has 182 valence electrons. The monoisotopic (exact) mass is 492 g/mol. The van der Waals surface area contributed by atoms with Crippen molar-refractivity contribution in [3.63, 3.8) is 0 Å². The van der Waals surface area contributed by atoms with Crippen LogP contribution in [0.5, 0.6) is 5.75 Å². The lowest BCUT2D eigenvalue weighted by molar-refractivity contribution is 0.0857. The fourth-order valence-corrected chi connectivity index (χ4v) is 5.38. The van der Waals surface area contributed by atoms with E-state index in [1.165, 1.54) is 28.4 Å². The van der Waals surface area contributed by atoms with Crippen molar-refractivity contribution >= 4 is 15.2 Å². The highest BCUT2D eigenvalue weighted by molar-refractivity contribution is 7.54. The Bertz CT molecular complexity index is 805. The molecule has 0 saturated carbocycles. The predicted molar refractivity (Wildman–Crippen MR) is 123 cm³/mol. The van der Waals surface area contributed by atoms with Crippen molar-refractivity contribution in [2.24, 2.45) is 5.11 Å². The van der Waals surface area contributed by atoms with Crippen LogP contribution in [0.1, 0.15) is 32.3 Å². The molecule has 0 fully saturated rings. The molecule has 1 unspecified atom stereocenters. The summed E-state index contributed by atoms with van der Waals surface area (Å²) in [6.07, 6.45) is 1.82. The number of hydrogen-bond donors (Lipinski definition) is 0. The standard InChI is InChI=1S/C19H34N4O7P2/c1-7-13-19(2,21-22-20)30-18-10-8-17(9-11-18)12-14-23(15-31(24,26-3)27-4)16-32(25,28-5)29-6/h8-11H,7,12-16H2,1-6H3. The molecule has 1 atom stereocenters. The van der Waals surface area contributed by atoms with E-state index in [-0.39, 0.29) is 12.6 Å². The van der Waals surface area contributed by atoms with Crippen LogP contribution in [-0.4, -0.2) is 58.2 Å². The minimum absolute atomic E-state index is 0.0700. The molecule has 0 bridgehead atoms. The maximum atomic E-state index is 12.6. The van der Waals surface area contributed by atoms with Crippen LogP contribution in [-0.2, 0) is 33.6 Å². The highest BCUT2D eigenvalue weighted by atomic mass is 31.2. The molecule has 0 radical (unpaired) electrons. The molecule has 0 amide bonds. The van der Waals surface area contributed by atoms with Crippen molar-refractivity contribution in [1.82, 2.24) is 4.90 Å². The van der Waals surface area contributed by atoms with Gasteiger partial charge in [0.05, 0.1) is 0 Å². The van der Waals surface area contributed by atoms with E-state index < -0.39 is 20.9 Å². The van der Waals surface area contributed by atoms with Gasteiger partial charge >= 0.3 is 15.2 Å². The number of nitrogens with zero attached hydrogens (tertiary/aromatic N) is 4. The SMILES string of the molecule is CCCC(C)(N=[N+]=[N-])Oc1ccc(CCN(CP(=O)(OC)OC)CP(=O)(OC)OC)cc1. The average Bonchev–Trinajstić information content (AvgIpc) is 2.78. The first-order valence-electron chi connectivity index (χ1n) is 10.1. The molecule has 32 heavy (non-hydrogen) atoms. The summed E-state index contributed by atoms with van der Waals surface area (Å²) in [5.74, 6) is 0.584. The Morgan fingerprint density at radius 1 is 1.00 bits per heavy atom. The molecule has 1 rings (SSSR count). The van der Waals surface area contributed by atoms with Crippen LogP contribution in [0.3, 0.4) is 0 Å². The zero-order chi connectivity index (χ0) is 24.3. The number of rotatable bonds is 16. The summed E-state index contributed by atoms with van der Waals surface area (Å²) >= 11 is 0. The van der Waals surface area contributed by atoms with E-state index in [1.54, 1.807) is 24.0 Å². The summed E-state index contributed by atoms with van der Waals surface area (Å²) in [6, 6.07) is 7.36. The van der Waals surface area contributed by atoms with Crippen molar-refractivity contribution in [1.29, 1.82) is 0 Å². The summed E-state index contributed by atoms with van der Waals surface area (Å²) < 4.78 is 51.2. The molecular formula is C19H34N4O7P2. The molecule has 0 aliphatic carbocycles. The number of ether oxygens (including phenoxy) is 1. The van der Waals surface area contributed by atoms with E-state index in [1.807, 2.05) is 19.1 Å². The van der Waals surface area contributed by atoms with Crippen molar-refractivity contribution in [2.45, 2.75) is 38.8 Å². The molecular weight excluding hydrogens is 458 g/mol. The van der Waals surface area contributed by atoms with Crippen LogP contribution in [0.15, 0.2) is 29.4 Å². The van der Waals surface area contributed by atoms with Crippen LogP contribution < -0.4 is 4.74 Å². The number of benzene rings is 1. The molecule has 0 saturated heterocycles. The van der Waals surface area contributed by atoms with E-state index in [0.29, 0.717) is 25.1 Å². The van der Waals surface area contributed by atoms with Gasteiger partial charge in [-0.25, -0.2) is 0 Å². The molecule has 1 aromatic carbocycles. The van der Waals surface area contributed by atoms with Gasteiger partial charge in [-0.3, -0.25) is 14.0 Å². The third-order valence-electron chi connectivity index (χ3n) is 4.81. The largest absolute Gasteiger partial charge is 0.481 e. The Morgan fingerprint density at radius 2 is 1.50 bits per heavy atom. The maximum Gasteiger partial charge on any atom is 0.344 e. The van der Waals surface area contributed by atoms with Crippen molar-refractivity contribution in [3.8, 4) is 5.75 Å². The summed E-state index contributed by atoms with van der Waals surface area (Å²) in [7, 11) is -1.55. The molecule has 0 spiro atoms. The van der Waals surface area contributed by atoms with Crippen molar-refractivity contribution < 1.29 is 32.0 Å². The maximum absolute atomic E-state index is 12.6. The summed E-state index contributed by atoms with van der Waals surface area (Å²) in [4.78, 5) is 4.56. The second-order valence-corrected chi connectivity index (χ2v) is 11.7. The fourth-order valence-electron chi connectivity index (χ4n) is 3.00. The third-order valence-corrected chi connectivity index (χ3v) is 8.53. The lowest BCUT2D eigenvalue weighted by Crippen LogP contribution is -2.30. The first-order valence-corrected chi connectivity index (χ1v) is 13.5. The van der Waals surface area contributed by atoms with Crippen molar-refractivity contribution in [3.05, 3.63) is 40.3 Å². The van der Waals surface area contributed by atoms with Gasteiger partial charge in [-0.05, 0) is 48.1 Å². The van der Waals surface area contributed by atoms with Gasteiger partial charge in [-0.2, -0.15) is 0 Å². The first-order chi connectivity index (χ1) is 15.1. The summed E-state index contributed by atoms with van der Waals surface area (Å²) in [5, 5.41) is 3.77. The average molecular weight is 492 g/mol. The zero-order valence-electron chi connectivity index (χ0n) is 19.6. The molecule has 0 aromatic heterocycles. The molecule has 0 heterocycles. The minimum Gasteiger partial charge on any atom is -0.481 e. The Hall–Kier alpha value is -1.41. The lowest BCUT2D eigenvalue weighted by atomic mass is 10.1. The van der Waals surface area contributed by atoms with Gasteiger partial charge in [-0.15, -0.1) is 0 Å². The zero-order valence-corrected chi connectivity index (χ0v) is 21.4. The second-order valence-electron chi connectivity index (χ2n) is 7.24. The van der Waals surface area contributed by atoms with Gasteiger partial charge in [0, 0.05) is 39.9 Å². The van der Waals surface area contributed by atoms with E-state index in [9.17, 15) is 9.13 Å². The lowest BCUT2D eigenvalue weighted by Gasteiger charge is -2.28. The Labute approximate surface area is 190 Å². The van der Waals surface area contributed by atoms with Crippen molar-refractivity contribution in [2.75, 3.05) is 47.6 Å². The molecule has 0 aliphatic rings. The Kier molecular flexibility index (Phi) is 11.9. The van der Waals surface area contributed by atoms with Crippen LogP contribution in [0.25, 0.3) is 10.4 Å². The molecule has 11 nitrogen and oxygen atoms in total. The molecule has 1 aromatic rings. The van der Waals surface area contributed by atoms with E-state index in [2.05, 4.69) is 10.0 Å². The number of azide groups is 1. The van der Waals surface area contributed by atoms with Gasteiger partial charge in [-0.1, -0.05) is 25.5 Å². The van der Waals surface area contributed by atoms with Gasteiger partial charge in [0.2, 0.25) is 0 Å². The first kappa shape index (κ1) is 28.6. The highest BCUT2D eigenvalue weighted by Gasteiger charge is 2.31. The number of hydrogen-bond acceptors (Lipinski definition) is 9. The third kappa shape index (κ3) is 9.22. The highest BCUT2D eigenvalue weighted by Crippen LogP contribution is 2.51. The second kappa shape index (κ2) is 13.3. The normalized spacial score (nSPS) is 14.1. The minimum atomic E-state index is -3.38. The smallest absolute Gasteiger partial charge is 0.344 e. The Morgan fingerprint density at radius 3 is 1.91 bits per heavy atom. The Balaban J connectivity index is 2.91. The predicted octanol–water partition coefficient (Wildman–Crippen LogP) is 5.62. The summed E-state index contributed by atoms with van der Waals surface area (Å²) in [5.41, 5.74) is 8.82. The fraction of sp³-hybridized carbons (Fsp3) is 0.684. The molecule has 0 N–H and O–H groups in total. The summed E-state index contributed by atoms with van der Waals surface area (Å²) in [6.45, 7) is 4.14. The van der Waals surface area contributed by atoms with Crippen LogP contribution in [0, 0.1) is 0 Å². The van der Waals surface area contributed by atoms with Gasteiger partial charge in [0.15, 0.2) is 5.72 Å². The van der Waals surface area contributed by atoms with Crippen LogP contribution in [0.4, 0.5) is 0 Å². The van der Waals surface area contributed by atoms with E-state index >= 15 is 0 Å². The van der Waals surface area contributed by atoms with E-state index in [0.717, 1.165) is 12.0 Å². The molecule has 0 aliphatic heterocycles. The quantitative estimate of drug-likeness (QED) is 0.126. The van der Waals surface area contributed by atoms with Gasteiger partial charge in [0.1, 0.15) is 18.3 Å². The van der Waals surface area contributed by atoms with Crippen LogP contribution >= 0.6 is 15.2 Å². The van der Waals surface area contributed by atoms with E-state index in [4.69, 9.17) is 28.4 Å². The van der Waals surface area contributed by atoms with Gasteiger partial charge in [0.25, 0.3) is 0 Å².